The molecule has 3 N–H and O–H groups in total. The summed E-state index contributed by atoms with van der Waals surface area (Å²) in [6.45, 7) is 0. The minimum absolute atomic E-state index is 0.108. The highest BCUT2D eigenvalue weighted by Gasteiger charge is 2.61. The fraction of sp³-hybridized carbons (Fsp3) is 0.591. The Hall–Kier alpha value is -1.69. The van der Waals surface area contributed by atoms with Gasteiger partial charge in [-0.05, 0) is 55.4 Å². The monoisotopic (exact) mass is 366 g/mol. The smallest absolute Gasteiger partial charge is 0.0956 e. The van der Waals surface area contributed by atoms with Crippen molar-refractivity contribution in [2.75, 3.05) is 0 Å². The van der Waals surface area contributed by atoms with E-state index in [0.717, 1.165) is 31.4 Å². The maximum Gasteiger partial charge on any atom is 0.0956 e. The van der Waals surface area contributed by atoms with Crippen molar-refractivity contribution >= 4 is 0 Å². The van der Waals surface area contributed by atoms with Crippen LogP contribution >= 0.6 is 0 Å². The number of rotatable bonds is 3. The van der Waals surface area contributed by atoms with Crippen LogP contribution in [0.1, 0.15) is 50.1 Å². The van der Waals surface area contributed by atoms with Crippen LogP contribution in [0, 0.1) is 17.8 Å². The molecule has 1 aliphatic heterocycles. The first-order chi connectivity index (χ1) is 12.9. The Morgan fingerprint density at radius 2 is 1.74 bits per heavy atom. The van der Waals surface area contributed by atoms with Crippen LogP contribution in [0.15, 0.2) is 36.8 Å². The van der Waals surface area contributed by atoms with Gasteiger partial charge in [0.05, 0.1) is 41.6 Å². The summed E-state index contributed by atoms with van der Waals surface area (Å²) in [6, 6.07) is 8.50. The van der Waals surface area contributed by atoms with Gasteiger partial charge in [0.15, 0.2) is 0 Å². The van der Waals surface area contributed by atoms with Crippen molar-refractivity contribution in [1.82, 2.24) is 9.55 Å². The van der Waals surface area contributed by atoms with E-state index in [0.29, 0.717) is 12.8 Å². The van der Waals surface area contributed by atoms with E-state index in [2.05, 4.69) is 27.8 Å². The van der Waals surface area contributed by atoms with Gasteiger partial charge in [0, 0.05) is 12.0 Å². The molecule has 2 heterocycles. The fourth-order valence-electron chi connectivity index (χ4n) is 7.28. The van der Waals surface area contributed by atoms with Gasteiger partial charge in [0.2, 0.25) is 0 Å². The lowest BCUT2D eigenvalue weighted by molar-refractivity contribution is -0.232. The van der Waals surface area contributed by atoms with Crippen LogP contribution in [0.3, 0.4) is 0 Å². The number of benzene rings is 1. The van der Waals surface area contributed by atoms with E-state index in [-0.39, 0.29) is 23.8 Å². The third-order valence-corrected chi connectivity index (χ3v) is 7.82. The maximum atomic E-state index is 11.3. The van der Waals surface area contributed by atoms with Gasteiger partial charge in [-0.15, -0.1) is 0 Å². The molecule has 2 atom stereocenters. The lowest BCUT2D eigenvalue weighted by atomic mass is 9.47. The molecule has 4 bridgehead atoms. The normalized spacial score (nSPS) is 42.2. The Bertz CT molecular complexity index is 870. The lowest BCUT2D eigenvalue weighted by Crippen LogP contribution is -2.63. The van der Waals surface area contributed by atoms with Crippen molar-refractivity contribution in [2.24, 2.45) is 17.8 Å². The molecule has 5 heteroatoms. The van der Waals surface area contributed by atoms with E-state index in [1.165, 1.54) is 11.1 Å². The van der Waals surface area contributed by atoms with Gasteiger partial charge < -0.3 is 19.9 Å². The molecule has 4 aliphatic carbocycles. The summed E-state index contributed by atoms with van der Waals surface area (Å²) in [5, 5.41) is 33.0. The molecule has 27 heavy (non-hydrogen) atoms. The van der Waals surface area contributed by atoms with Crippen molar-refractivity contribution in [2.45, 2.75) is 61.9 Å². The van der Waals surface area contributed by atoms with Crippen LogP contribution in [0.4, 0.5) is 0 Å². The van der Waals surface area contributed by atoms with Gasteiger partial charge in [-0.2, -0.15) is 0 Å². The Morgan fingerprint density at radius 3 is 2.44 bits per heavy atom. The molecule has 1 aromatic heterocycles. The summed E-state index contributed by atoms with van der Waals surface area (Å²) < 4.78 is 2.19. The van der Waals surface area contributed by atoms with E-state index in [4.69, 9.17) is 0 Å². The van der Waals surface area contributed by atoms with Crippen LogP contribution in [0.5, 0.6) is 0 Å². The molecule has 0 saturated heterocycles. The second-order valence-corrected chi connectivity index (χ2v) is 9.63. The van der Waals surface area contributed by atoms with Crippen molar-refractivity contribution in [3.8, 4) is 11.3 Å². The van der Waals surface area contributed by atoms with E-state index >= 15 is 0 Å². The van der Waals surface area contributed by atoms with E-state index < -0.39 is 17.3 Å². The topological polar surface area (TPSA) is 78.5 Å². The van der Waals surface area contributed by atoms with Gasteiger partial charge in [0.1, 0.15) is 0 Å². The molecule has 0 amide bonds. The molecule has 4 saturated carbocycles. The maximum absolute atomic E-state index is 11.3. The van der Waals surface area contributed by atoms with Gasteiger partial charge in [0.25, 0.3) is 0 Å². The first-order valence-electron chi connectivity index (χ1n) is 10.2. The third-order valence-electron chi connectivity index (χ3n) is 7.82. The molecule has 142 valence electrons. The van der Waals surface area contributed by atoms with Crippen LogP contribution in [-0.4, -0.2) is 42.2 Å². The predicted octanol–water partition coefficient (Wildman–Crippen LogP) is 2.51. The third kappa shape index (κ3) is 2.25. The summed E-state index contributed by atoms with van der Waals surface area (Å²) in [5.41, 5.74) is 2.16. The number of imidazole rings is 1. The van der Waals surface area contributed by atoms with Crippen molar-refractivity contribution in [3.63, 3.8) is 0 Å². The quantitative estimate of drug-likeness (QED) is 0.780. The Morgan fingerprint density at radius 1 is 1.07 bits per heavy atom. The van der Waals surface area contributed by atoms with Crippen LogP contribution in [0.2, 0.25) is 0 Å². The van der Waals surface area contributed by atoms with E-state index in [1.54, 1.807) is 0 Å². The van der Waals surface area contributed by atoms with Gasteiger partial charge in [-0.25, -0.2) is 4.98 Å². The van der Waals surface area contributed by atoms with Gasteiger partial charge in [-0.1, -0.05) is 24.3 Å². The lowest BCUT2D eigenvalue weighted by Gasteiger charge is -2.62. The molecule has 7 rings (SSSR count). The van der Waals surface area contributed by atoms with Crippen molar-refractivity contribution < 1.29 is 15.3 Å². The first-order valence-corrected chi connectivity index (χ1v) is 10.2. The predicted molar refractivity (Wildman–Crippen MR) is 99.9 cm³/mol. The molecule has 4 fully saturated rings. The molecular formula is C22H26N2O3. The summed E-state index contributed by atoms with van der Waals surface area (Å²) >= 11 is 0. The number of aromatic nitrogens is 2. The zero-order chi connectivity index (χ0) is 18.4. The zero-order valence-corrected chi connectivity index (χ0v) is 15.3. The number of hydrogen-bond acceptors (Lipinski definition) is 4. The van der Waals surface area contributed by atoms with E-state index in [9.17, 15) is 15.3 Å². The summed E-state index contributed by atoms with van der Waals surface area (Å²) in [5.74, 6) is 0.607. The van der Waals surface area contributed by atoms with Gasteiger partial charge >= 0.3 is 0 Å². The van der Waals surface area contributed by atoms with Crippen LogP contribution < -0.4 is 0 Å². The molecule has 1 aromatic carbocycles. The fourth-order valence-corrected chi connectivity index (χ4v) is 7.28. The molecule has 2 unspecified atom stereocenters. The Kier molecular flexibility index (Phi) is 3.15. The van der Waals surface area contributed by atoms with Crippen molar-refractivity contribution in [3.05, 3.63) is 42.4 Å². The summed E-state index contributed by atoms with van der Waals surface area (Å²) in [4.78, 5) is 4.32. The number of aliphatic hydroxyl groups is 3. The molecule has 5 aliphatic rings. The van der Waals surface area contributed by atoms with Crippen LogP contribution in [0.25, 0.3) is 11.3 Å². The molecule has 0 radical (unpaired) electrons. The minimum Gasteiger partial charge on any atom is -0.393 e. The van der Waals surface area contributed by atoms with E-state index in [1.807, 2.05) is 18.6 Å². The second kappa shape index (κ2) is 5.22. The SMILES string of the molecule is OC(CC1c2ccccc2-c2cncn21)C1C2CC3(O)CC1CC(O)(C2)C3. The second-order valence-electron chi connectivity index (χ2n) is 9.63. The minimum atomic E-state index is -0.714. The standard InChI is InChI=1S/C22H26N2O3/c25-19(20-13-6-21(26)8-14(20)9-22(27,7-13)11-21)5-17-15-3-1-2-4-16(15)18-10-23-12-24(17)18/h1-4,10,12-14,17,19-20,25-27H,5-9,11H2. The Labute approximate surface area is 158 Å². The van der Waals surface area contributed by atoms with Gasteiger partial charge in [-0.3, -0.25) is 0 Å². The summed E-state index contributed by atoms with van der Waals surface area (Å²) in [6.07, 6.45) is 7.43. The summed E-state index contributed by atoms with van der Waals surface area (Å²) in [7, 11) is 0. The highest BCUT2D eigenvalue weighted by atomic mass is 16.3. The highest BCUT2D eigenvalue weighted by Crippen LogP contribution is 2.61. The molecular weight excluding hydrogens is 340 g/mol. The largest absolute Gasteiger partial charge is 0.393 e. The molecule has 0 spiro atoms. The molecule has 5 nitrogen and oxygen atoms in total. The Balaban J connectivity index is 1.30. The zero-order valence-electron chi connectivity index (χ0n) is 15.3. The number of fused-ring (bicyclic) bond motifs is 3. The molecule has 2 aromatic rings. The number of nitrogens with zero attached hydrogens (tertiary/aromatic N) is 2. The van der Waals surface area contributed by atoms with Crippen LogP contribution in [-0.2, 0) is 0 Å². The number of aliphatic hydroxyl groups excluding tert-OH is 1. The first kappa shape index (κ1) is 16.3. The highest BCUT2D eigenvalue weighted by molar-refractivity contribution is 5.68. The van der Waals surface area contributed by atoms with Crippen molar-refractivity contribution in [1.29, 1.82) is 0 Å². The number of hydrogen-bond donors (Lipinski definition) is 3. The average molecular weight is 366 g/mol. The average Bonchev–Trinajstić information content (AvgIpc) is 3.15.